The molecule has 0 atom stereocenters. The minimum Gasteiger partial charge on any atom is -0.363 e. The second-order valence-electron chi connectivity index (χ2n) is 3.40. The molecule has 1 aromatic rings. The summed E-state index contributed by atoms with van der Waals surface area (Å²) in [7, 11) is -1.35. The van der Waals surface area contributed by atoms with Crippen LogP contribution in [0.15, 0.2) is 42.1 Å². The molecule has 2 nitrogen and oxygen atoms in total. The summed E-state index contributed by atoms with van der Waals surface area (Å²) in [4.78, 5) is 12.4. The summed E-state index contributed by atoms with van der Waals surface area (Å²) in [5.74, 6) is -0.273. The van der Waals surface area contributed by atoms with Gasteiger partial charge in [-0.2, -0.15) is 0 Å². The van der Waals surface area contributed by atoms with Crippen molar-refractivity contribution in [3.63, 3.8) is 0 Å². The van der Waals surface area contributed by atoms with Crippen molar-refractivity contribution in [1.82, 2.24) is 4.81 Å². The molecule has 0 heterocycles. The van der Waals surface area contributed by atoms with Crippen LogP contribution in [0.2, 0.25) is 0 Å². The van der Waals surface area contributed by atoms with E-state index in [1.54, 1.807) is 30.3 Å². The number of hydrogen-bond acceptors (Lipinski definition) is 2. The van der Waals surface area contributed by atoms with Gasteiger partial charge in [0.1, 0.15) is 0 Å². The first-order valence-electron chi connectivity index (χ1n) is 4.81. The molecule has 0 radical (unpaired) electrons. The molecular weight excluding hydrogens is 211 g/mol. The van der Waals surface area contributed by atoms with Crippen LogP contribution in [0.1, 0.15) is 17.3 Å². The van der Waals surface area contributed by atoms with E-state index in [2.05, 4.69) is 0 Å². The van der Waals surface area contributed by atoms with Gasteiger partial charge in [-0.15, -0.1) is 0 Å². The van der Waals surface area contributed by atoms with Crippen molar-refractivity contribution in [3.8, 4) is 0 Å². The van der Waals surface area contributed by atoms with Crippen LogP contribution in [0.3, 0.4) is 0 Å². The Labute approximate surface area is 93.8 Å². The van der Waals surface area contributed by atoms with E-state index in [4.69, 9.17) is 0 Å². The minimum atomic E-state index is -2.60. The Kier molecular flexibility index (Phi) is 4.23. The number of rotatable bonds is 4. The highest BCUT2D eigenvalue weighted by Gasteiger charge is 2.21. The molecule has 0 N–H and O–H groups in total. The molecule has 0 aliphatic carbocycles. The van der Waals surface area contributed by atoms with Crippen LogP contribution >= 0.6 is 0 Å². The van der Waals surface area contributed by atoms with Gasteiger partial charge in [-0.25, -0.2) is 0 Å². The third-order valence-electron chi connectivity index (χ3n) is 2.25. The normalized spacial score (nSPS) is 11.1. The average molecular weight is 223 g/mol. The van der Waals surface area contributed by atoms with Gasteiger partial charge in [0.25, 0.3) is 0 Å². The molecular formula is C11H12BF2NO. The Balaban J connectivity index is 2.81. The number of carbonyl (C=O) groups excluding carboxylic acids is 1. The fraction of sp³-hybridized carbons (Fsp3) is 0.182. The Bertz CT molecular complexity index is 392. The Hall–Kier alpha value is -1.65. The van der Waals surface area contributed by atoms with Crippen molar-refractivity contribution in [3.05, 3.63) is 47.7 Å². The lowest BCUT2D eigenvalue weighted by atomic mass is 10.1. The van der Waals surface area contributed by atoms with Gasteiger partial charge in [0.05, 0.1) is 0 Å². The molecule has 0 saturated heterocycles. The number of halogens is 2. The van der Waals surface area contributed by atoms with Crippen molar-refractivity contribution in [2.75, 3.05) is 7.05 Å². The molecule has 0 aliphatic rings. The number of benzene rings is 1. The Morgan fingerprint density at radius 1 is 1.31 bits per heavy atom. The first-order chi connectivity index (χ1) is 7.52. The summed E-state index contributed by atoms with van der Waals surface area (Å²) in [6, 6.07) is 8.54. The van der Waals surface area contributed by atoms with Gasteiger partial charge >= 0.3 is 7.40 Å². The zero-order valence-electron chi connectivity index (χ0n) is 9.15. The predicted molar refractivity (Wildman–Crippen MR) is 60.3 cm³/mol. The van der Waals surface area contributed by atoms with E-state index in [1.807, 2.05) is 0 Å². The summed E-state index contributed by atoms with van der Waals surface area (Å²) in [6.07, 6.45) is 1.21. The SMILES string of the molecule is C/C(=C/C(=O)c1ccccc1)N(C)B(F)F. The van der Waals surface area contributed by atoms with Gasteiger partial charge in [0, 0.05) is 17.3 Å². The van der Waals surface area contributed by atoms with Crippen molar-refractivity contribution in [2.45, 2.75) is 6.92 Å². The molecule has 0 aromatic heterocycles. The first-order valence-corrected chi connectivity index (χ1v) is 4.81. The maximum Gasteiger partial charge on any atom is 0.672 e. The van der Waals surface area contributed by atoms with Crippen LogP contribution in [-0.2, 0) is 0 Å². The lowest BCUT2D eigenvalue weighted by Gasteiger charge is -2.15. The molecule has 0 unspecified atom stereocenters. The lowest BCUT2D eigenvalue weighted by Crippen LogP contribution is -2.27. The van der Waals surface area contributed by atoms with Crippen LogP contribution in [0, 0.1) is 0 Å². The second kappa shape index (κ2) is 5.44. The number of ketones is 1. The monoisotopic (exact) mass is 223 g/mol. The molecule has 84 valence electrons. The van der Waals surface area contributed by atoms with Gasteiger partial charge in [-0.3, -0.25) is 13.4 Å². The molecule has 16 heavy (non-hydrogen) atoms. The topological polar surface area (TPSA) is 20.3 Å². The smallest absolute Gasteiger partial charge is 0.363 e. The van der Waals surface area contributed by atoms with E-state index >= 15 is 0 Å². The Morgan fingerprint density at radius 2 is 1.88 bits per heavy atom. The third kappa shape index (κ3) is 3.19. The lowest BCUT2D eigenvalue weighted by molar-refractivity contribution is 0.104. The molecule has 1 rings (SSSR count). The quantitative estimate of drug-likeness (QED) is 0.444. The van der Waals surface area contributed by atoms with Crippen LogP contribution in [-0.4, -0.2) is 25.0 Å². The standard InChI is InChI=1S/C11H12BF2NO/c1-9(15(2)12(13)14)8-11(16)10-6-4-3-5-7-10/h3-8H,1-2H3/b9-8-. The fourth-order valence-corrected chi connectivity index (χ4v) is 1.13. The van der Waals surface area contributed by atoms with E-state index in [-0.39, 0.29) is 11.5 Å². The van der Waals surface area contributed by atoms with E-state index < -0.39 is 7.40 Å². The molecule has 0 bridgehead atoms. The van der Waals surface area contributed by atoms with E-state index in [1.165, 1.54) is 20.0 Å². The molecule has 0 aliphatic heterocycles. The molecule has 0 amide bonds. The van der Waals surface area contributed by atoms with Crippen LogP contribution in [0.5, 0.6) is 0 Å². The number of hydrogen-bond donors (Lipinski definition) is 0. The zero-order chi connectivity index (χ0) is 12.1. The molecule has 0 fully saturated rings. The third-order valence-corrected chi connectivity index (χ3v) is 2.25. The second-order valence-corrected chi connectivity index (χ2v) is 3.40. The summed E-state index contributed by atoms with van der Waals surface area (Å²) in [6.45, 7) is 1.48. The zero-order valence-corrected chi connectivity index (χ0v) is 9.15. The summed E-state index contributed by atoms with van der Waals surface area (Å²) < 4.78 is 24.6. The maximum absolute atomic E-state index is 12.3. The Morgan fingerprint density at radius 3 is 2.38 bits per heavy atom. The highest BCUT2D eigenvalue weighted by Crippen LogP contribution is 2.08. The maximum atomic E-state index is 12.3. The minimum absolute atomic E-state index is 0.240. The van der Waals surface area contributed by atoms with Crippen molar-refractivity contribution in [1.29, 1.82) is 0 Å². The van der Waals surface area contributed by atoms with Crippen molar-refractivity contribution >= 4 is 13.2 Å². The first kappa shape index (κ1) is 12.4. The predicted octanol–water partition coefficient (Wildman–Crippen LogP) is 2.63. The number of nitrogens with zero attached hydrogens (tertiary/aromatic N) is 1. The van der Waals surface area contributed by atoms with Gasteiger partial charge in [-0.1, -0.05) is 30.3 Å². The van der Waals surface area contributed by atoms with E-state index in [0.717, 1.165) is 4.81 Å². The van der Waals surface area contributed by atoms with Crippen molar-refractivity contribution < 1.29 is 13.4 Å². The molecule has 1 aromatic carbocycles. The average Bonchev–Trinajstić information content (AvgIpc) is 2.28. The van der Waals surface area contributed by atoms with Crippen LogP contribution in [0.4, 0.5) is 8.63 Å². The summed E-state index contributed by atoms with van der Waals surface area (Å²) in [5.41, 5.74) is 0.730. The highest BCUT2D eigenvalue weighted by molar-refractivity contribution is 6.39. The summed E-state index contributed by atoms with van der Waals surface area (Å²) >= 11 is 0. The molecule has 0 saturated carbocycles. The number of allylic oxidation sites excluding steroid dienone is 2. The van der Waals surface area contributed by atoms with Gasteiger partial charge < -0.3 is 4.81 Å². The highest BCUT2D eigenvalue weighted by atomic mass is 19.2. The van der Waals surface area contributed by atoms with E-state index in [9.17, 15) is 13.4 Å². The fourth-order valence-electron chi connectivity index (χ4n) is 1.13. The van der Waals surface area contributed by atoms with Crippen LogP contribution < -0.4 is 0 Å². The number of carbonyl (C=O) groups is 1. The largest absolute Gasteiger partial charge is 0.672 e. The van der Waals surface area contributed by atoms with Gasteiger partial charge in [0.15, 0.2) is 5.78 Å². The van der Waals surface area contributed by atoms with Crippen molar-refractivity contribution in [2.24, 2.45) is 0 Å². The van der Waals surface area contributed by atoms with Crippen LogP contribution in [0.25, 0.3) is 0 Å². The van der Waals surface area contributed by atoms with Gasteiger partial charge in [0.2, 0.25) is 0 Å². The molecule has 0 spiro atoms. The van der Waals surface area contributed by atoms with E-state index in [0.29, 0.717) is 5.56 Å². The van der Waals surface area contributed by atoms with Gasteiger partial charge in [-0.05, 0) is 14.0 Å². The molecule has 5 heteroatoms. The summed E-state index contributed by atoms with van der Waals surface area (Å²) in [5, 5.41) is 0.